The van der Waals surface area contributed by atoms with Crippen LogP contribution in [-0.2, 0) is 6.54 Å². The number of methoxy groups -OCH3 is 1. The second-order valence-corrected chi connectivity index (χ2v) is 4.23. The molecular formula is C14H23NO3. The van der Waals surface area contributed by atoms with Gasteiger partial charge in [0.05, 0.1) is 19.8 Å². The van der Waals surface area contributed by atoms with Crippen LogP contribution in [0, 0.1) is 0 Å². The zero-order chi connectivity index (χ0) is 13.4. The summed E-state index contributed by atoms with van der Waals surface area (Å²) in [5.41, 5.74) is 1.14. The summed E-state index contributed by atoms with van der Waals surface area (Å²) < 4.78 is 10.8. The number of nitrogens with one attached hydrogen (secondary N) is 1. The molecule has 4 heteroatoms. The lowest BCUT2D eigenvalue weighted by atomic mass is 10.2. The van der Waals surface area contributed by atoms with E-state index in [9.17, 15) is 0 Å². The number of benzene rings is 1. The first kappa shape index (κ1) is 14.8. The van der Waals surface area contributed by atoms with Crippen molar-refractivity contribution < 1.29 is 14.6 Å². The van der Waals surface area contributed by atoms with Crippen molar-refractivity contribution in [2.45, 2.75) is 32.9 Å². The van der Waals surface area contributed by atoms with E-state index < -0.39 is 0 Å². The van der Waals surface area contributed by atoms with Gasteiger partial charge in [0.2, 0.25) is 0 Å². The average Bonchev–Trinajstić information content (AvgIpc) is 2.35. The fourth-order valence-corrected chi connectivity index (χ4v) is 1.64. The molecule has 0 aliphatic heterocycles. The van der Waals surface area contributed by atoms with Gasteiger partial charge in [0.1, 0.15) is 0 Å². The van der Waals surface area contributed by atoms with Gasteiger partial charge in [0.15, 0.2) is 11.5 Å². The number of aliphatic hydroxyl groups is 1. The van der Waals surface area contributed by atoms with Gasteiger partial charge >= 0.3 is 0 Å². The number of aliphatic hydroxyl groups excluding tert-OH is 1. The predicted molar refractivity (Wildman–Crippen MR) is 72.2 cm³/mol. The van der Waals surface area contributed by atoms with Crippen molar-refractivity contribution in [2.75, 3.05) is 20.3 Å². The van der Waals surface area contributed by atoms with Crippen molar-refractivity contribution in [2.24, 2.45) is 0 Å². The molecule has 0 aromatic heterocycles. The SMILES string of the molecule is CCOc1cc(CNCCC(C)O)ccc1OC. The average molecular weight is 253 g/mol. The van der Waals surface area contributed by atoms with Crippen LogP contribution in [0.4, 0.5) is 0 Å². The molecule has 0 aliphatic carbocycles. The molecule has 4 nitrogen and oxygen atoms in total. The van der Waals surface area contributed by atoms with Crippen molar-refractivity contribution in [1.29, 1.82) is 0 Å². The van der Waals surface area contributed by atoms with E-state index >= 15 is 0 Å². The summed E-state index contributed by atoms with van der Waals surface area (Å²) in [6.07, 6.45) is 0.501. The summed E-state index contributed by atoms with van der Waals surface area (Å²) in [4.78, 5) is 0. The second kappa shape index (κ2) is 7.95. The minimum absolute atomic E-state index is 0.257. The first-order chi connectivity index (χ1) is 8.67. The van der Waals surface area contributed by atoms with Gasteiger partial charge < -0.3 is 19.9 Å². The smallest absolute Gasteiger partial charge is 0.161 e. The van der Waals surface area contributed by atoms with E-state index in [2.05, 4.69) is 5.32 Å². The van der Waals surface area contributed by atoms with E-state index in [-0.39, 0.29) is 6.10 Å². The molecule has 0 amide bonds. The van der Waals surface area contributed by atoms with Crippen LogP contribution < -0.4 is 14.8 Å². The third-order valence-electron chi connectivity index (χ3n) is 2.60. The topological polar surface area (TPSA) is 50.7 Å². The van der Waals surface area contributed by atoms with Gasteiger partial charge in [-0.05, 0) is 44.5 Å². The molecule has 0 aliphatic rings. The van der Waals surface area contributed by atoms with Gasteiger partial charge in [0.25, 0.3) is 0 Å². The van der Waals surface area contributed by atoms with Crippen LogP contribution in [0.1, 0.15) is 25.8 Å². The lowest BCUT2D eigenvalue weighted by Gasteiger charge is -2.12. The quantitative estimate of drug-likeness (QED) is 0.695. The van der Waals surface area contributed by atoms with Crippen LogP contribution in [0.5, 0.6) is 11.5 Å². The zero-order valence-electron chi connectivity index (χ0n) is 11.4. The van der Waals surface area contributed by atoms with Crippen molar-refractivity contribution in [3.05, 3.63) is 23.8 Å². The van der Waals surface area contributed by atoms with Gasteiger partial charge in [-0.15, -0.1) is 0 Å². The Hall–Kier alpha value is -1.26. The fourth-order valence-electron chi connectivity index (χ4n) is 1.64. The van der Waals surface area contributed by atoms with Crippen LogP contribution in [0.15, 0.2) is 18.2 Å². The molecule has 0 spiro atoms. The number of hydrogen-bond donors (Lipinski definition) is 2. The molecule has 0 bridgehead atoms. The maximum atomic E-state index is 9.16. The highest BCUT2D eigenvalue weighted by atomic mass is 16.5. The normalized spacial score (nSPS) is 12.2. The highest BCUT2D eigenvalue weighted by Gasteiger charge is 2.05. The summed E-state index contributed by atoms with van der Waals surface area (Å²) in [6, 6.07) is 5.91. The summed E-state index contributed by atoms with van der Waals surface area (Å²) >= 11 is 0. The Morgan fingerprint density at radius 3 is 2.72 bits per heavy atom. The first-order valence-electron chi connectivity index (χ1n) is 6.35. The van der Waals surface area contributed by atoms with E-state index in [0.717, 1.165) is 36.6 Å². The molecule has 0 heterocycles. The van der Waals surface area contributed by atoms with Crippen LogP contribution in [-0.4, -0.2) is 31.5 Å². The minimum Gasteiger partial charge on any atom is -0.493 e. The first-order valence-corrected chi connectivity index (χ1v) is 6.35. The lowest BCUT2D eigenvalue weighted by Crippen LogP contribution is -2.18. The Bertz CT molecular complexity index is 353. The Labute approximate surface area is 109 Å². The lowest BCUT2D eigenvalue weighted by molar-refractivity contribution is 0.183. The minimum atomic E-state index is -0.257. The highest BCUT2D eigenvalue weighted by Crippen LogP contribution is 2.27. The van der Waals surface area contributed by atoms with Crippen LogP contribution in [0.3, 0.4) is 0 Å². The molecular weight excluding hydrogens is 230 g/mol. The molecule has 0 radical (unpaired) electrons. The fraction of sp³-hybridized carbons (Fsp3) is 0.571. The van der Waals surface area contributed by atoms with Crippen molar-refractivity contribution in [1.82, 2.24) is 5.32 Å². The van der Waals surface area contributed by atoms with Crippen molar-refractivity contribution in [3.8, 4) is 11.5 Å². The molecule has 1 atom stereocenters. The molecule has 2 N–H and O–H groups in total. The Morgan fingerprint density at radius 1 is 1.33 bits per heavy atom. The van der Waals surface area contributed by atoms with Gasteiger partial charge in [-0.3, -0.25) is 0 Å². The molecule has 0 saturated heterocycles. The van der Waals surface area contributed by atoms with E-state index in [1.54, 1.807) is 14.0 Å². The Kier molecular flexibility index (Phi) is 6.54. The van der Waals surface area contributed by atoms with Crippen molar-refractivity contribution in [3.63, 3.8) is 0 Å². The summed E-state index contributed by atoms with van der Waals surface area (Å²) in [6.45, 7) is 5.93. The molecule has 0 saturated carbocycles. The van der Waals surface area contributed by atoms with Gasteiger partial charge in [0, 0.05) is 6.54 Å². The molecule has 1 unspecified atom stereocenters. The van der Waals surface area contributed by atoms with Gasteiger partial charge in [-0.25, -0.2) is 0 Å². The summed E-state index contributed by atoms with van der Waals surface area (Å²) in [7, 11) is 1.64. The van der Waals surface area contributed by atoms with Crippen LogP contribution in [0.25, 0.3) is 0 Å². The maximum Gasteiger partial charge on any atom is 0.161 e. The van der Waals surface area contributed by atoms with E-state index in [4.69, 9.17) is 14.6 Å². The molecule has 18 heavy (non-hydrogen) atoms. The van der Waals surface area contributed by atoms with Gasteiger partial charge in [-0.1, -0.05) is 6.07 Å². The molecule has 1 rings (SSSR count). The molecule has 0 fully saturated rings. The van der Waals surface area contributed by atoms with Gasteiger partial charge in [-0.2, -0.15) is 0 Å². The second-order valence-electron chi connectivity index (χ2n) is 4.23. The van der Waals surface area contributed by atoms with Crippen LogP contribution in [0.2, 0.25) is 0 Å². The van der Waals surface area contributed by atoms with E-state index in [1.807, 2.05) is 25.1 Å². The molecule has 1 aromatic carbocycles. The summed E-state index contributed by atoms with van der Waals surface area (Å²) in [5.74, 6) is 1.53. The number of rotatable bonds is 8. The van der Waals surface area contributed by atoms with E-state index in [0.29, 0.717) is 6.61 Å². The van der Waals surface area contributed by atoms with Crippen molar-refractivity contribution >= 4 is 0 Å². The van der Waals surface area contributed by atoms with Crippen LogP contribution >= 0.6 is 0 Å². The number of ether oxygens (including phenoxy) is 2. The highest BCUT2D eigenvalue weighted by molar-refractivity contribution is 5.42. The zero-order valence-corrected chi connectivity index (χ0v) is 11.4. The Morgan fingerprint density at radius 2 is 2.11 bits per heavy atom. The summed E-state index contributed by atoms with van der Waals surface area (Å²) in [5, 5.41) is 12.4. The monoisotopic (exact) mass is 253 g/mol. The van der Waals surface area contributed by atoms with E-state index in [1.165, 1.54) is 0 Å². The predicted octanol–water partition coefficient (Wildman–Crippen LogP) is 1.95. The third-order valence-corrected chi connectivity index (χ3v) is 2.60. The number of hydrogen-bond acceptors (Lipinski definition) is 4. The largest absolute Gasteiger partial charge is 0.493 e. The molecule has 1 aromatic rings. The maximum absolute atomic E-state index is 9.16. The molecule has 102 valence electrons. The third kappa shape index (κ3) is 4.94. The standard InChI is InChI=1S/C14H23NO3/c1-4-18-14-9-12(5-6-13(14)17-3)10-15-8-7-11(2)16/h5-6,9,11,15-16H,4,7-8,10H2,1-3H3. The Balaban J connectivity index is 2.53.